The molecule has 4 nitrogen and oxygen atoms in total. The number of aliphatic hydroxyl groups is 1. The fourth-order valence-corrected chi connectivity index (χ4v) is 2.43. The molecule has 0 aliphatic rings. The number of carbonyl (C=O) groups is 1. The molecule has 0 spiro atoms. The van der Waals surface area contributed by atoms with E-state index >= 15 is 0 Å². The minimum absolute atomic E-state index is 0.0647. The lowest BCUT2D eigenvalue weighted by Gasteiger charge is -2.18. The van der Waals surface area contributed by atoms with Crippen LogP contribution in [0, 0.1) is 0 Å². The molecule has 5 heteroatoms. The summed E-state index contributed by atoms with van der Waals surface area (Å²) in [5, 5.41) is 13.3. The normalized spacial score (nSPS) is 13.4. The van der Waals surface area contributed by atoms with Crippen LogP contribution in [0.2, 0.25) is 5.02 Å². The molecule has 1 amide bonds. The molecule has 22 heavy (non-hydrogen) atoms. The van der Waals surface area contributed by atoms with Crippen LogP contribution in [-0.4, -0.2) is 24.7 Å². The van der Waals surface area contributed by atoms with E-state index in [1.807, 2.05) is 30.3 Å². The first-order valence-electron chi connectivity index (χ1n) is 6.91. The molecule has 0 heterocycles. The standard InChI is InChI=1S/C17H18ClNO3/c1-22-16(12-7-3-2-4-8-12)17(21)19-11-15(20)13-9-5-6-10-14(13)18/h2-10,15-16,20H,11H2,1H3,(H,19,21). The summed E-state index contributed by atoms with van der Waals surface area (Å²) in [6.45, 7) is 0.0647. The van der Waals surface area contributed by atoms with Crippen molar-refractivity contribution in [3.05, 3.63) is 70.7 Å². The van der Waals surface area contributed by atoms with Crippen molar-refractivity contribution in [2.75, 3.05) is 13.7 Å². The lowest BCUT2D eigenvalue weighted by Crippen LogP contribution is -2.33. The van der Waals surface area contributed by atoms with E-state index in [0.717, 1.165) is 5.56 Å². The monoisotopic (exact) mass is 319 g/mol. The number of ether oxygens (including phenoxy) is 1. The first-order chi connectivity index (χ1) is 10.6. The number of nitrogens with one attached hydrogen (secondary N) is 1. The van der Waals surface area contributed by atoms with Gasteiger partial charge in [-0.15, -0.1) is 0 Å². The molecule has 2 aromatic carbocycles. The second-order valence-electron chi connectivity index (χ2n) is 4.81. The Labute approximate surface area is 134 Å². The third-order valence-corrected chi connectivity index (χ3v) is 3.65. The zero-order valence-corrected chi connectivity index (χ0v) is 13.0. The summed E-state index contributed by atoms with van der Waals surface area (Å²) in [5.74, 6) is -0.306. The number of carbonyl (C=O) groups excluding carboxylic acids is 1. The fourth-order valence-electron chi connectivity index (χ4n) is 2.17. The summed E-state index contributed by atoms with van der Waals surface area (Å²) < 4.78 is 5.24. The molecule has 2 unspecified atom stereocenters. The summed E-state index contributed by atoms with van der Waals surface area (Å²) in [6.07, 6.45) is -1.58. The largest absolute Gasteiger partial charge is 0.387 e. The molecule has 0 saturated carbocycles. The van der Waals surface area contributed by atoms with Crippen molar-refractivity contribution in [3.8, 4) is 0 Å². The maximum Gasteiger partial charge on any atom is 0.253 e. The van der Waals surface area contributed by atoms with Crippen LogP contribution in [0.3, 0.4) is 0 Å². The van der Waals surface area contributed by atoms with Crippen molar-refractivity contribution in [2.45, 2.75) is 12.2 Å². The van der Waals surface area contributed by atoms with Gasteiger partial charge < -0.3 is 15.2 Å². The number of hydrogen-bond donors (Lipinski definition) is 2. The van der Waals surface area contributed by atoms with Gasteiger partial charge in [-0.05, 0) is 11.6 Å². The van der Waals surface area contributed by atoms with Crippen LogP contribution in [0.15, 0.2) is 54.6 Å². The average molecular weight is 320 g/mol. The highest BCUT2D eigenvalue weighted by atomic mass is 35.5. The highest BCUT2D eigenvalue weighted by molar-refractivity contribution is 6.31. The van der Waals surface area contributed by atoms with Gasteiger partial charge in [0.1, 0.15) is 0 Å². The highest BCUT2D eigenvalue weighted by Gasteiger charge is 2.21. The van der Waals surface area contributed by atoms with E-state index in [2.05, 4.69) is 5.32 Å². The van der Waals surface area contributed by atoms with Crippen LogP contribution in [0.5, 0.6) is 0 Å². The zero-order chi connectivity index (χ0) is 15.9. The molecular weight excluding hydrogens is 302 g/mol. The molecule has 2 rings (SSSR count). The third-order valence-electron chi connectivity index (χ3n) is 3.31. The maximum atomic E-state index is 12.2. The van der Waals surface area contributed by atoms with Gasteiger partial charge in [-0.1, -0.05) is 60.1 Å². The van der Waals surface area contributed by atoms with Crippen molar-refractivity contribution in [2.24, 2.45) is 0 Å². The van der Waals surface area contributed by atoms with Crippen molar-refractivity contribution in [3.63, 3.8) is 0 Å². The Kier molecular flexibility index (Phi) is 5.95. The molecule has 0 fully saturated rings. The minimum Gasteiger partial charge on any atom is -0.387 e. The summed E-state index contributed by atoms with van der Waals surface area (Å²) >= 11 is 6.02. The number of hydrogen-bond acceptors (Lipinski definition) is 3. The Bertz CT molecular complexity index is 618. The van der Waals surface area contributed by atoms with E-state index in [1.165, 1.54) is 7.11 Å². The molecule has 0 bridgehead atoms. The molecule has 0 aromatic heterocycles. The SMILES string of the molecule is COC(C(=O)NCC(O)c1ccccc1Cl)c1ccccc1. The van der Waals surface area contributed by atoms with Crippen molar-refractivity contribution >= 4 is 17.5 Å². The summed E-state index contributed by atoms with van der Waals surface area (Å²) in [5.41, 5.74) is 1.34. The number of amides is 1. The average Bonchev–Trinajstić information content (AvgIpc) is 2.55. The van der Waals surface area contributed by atoms with Gasteiger partial charge in [-0.2, -0.15) is 0 Å². The van der Waals surface area contributed by atoms with Gasteiger partial charge in [0, 0.05) is 24.2 Å². The van der Waals surface area contributed by atoms with E-state index in [1.54, 1.807) is 24.3 Å². The van der Waals surface area contributed by atoms with Crippen molar-refractivity contribution in [1.82, 2.24) is 5.32 Å². The van der Waals surface area contributed by atoms with Crippen LogP contribution < -0.4 is 5.32 Å². The molecule has 0 saturated heterocycles. The lowest BCUT2D eigenvalue weighted by atomic mass is 10.1. The highest BCUT2D eigenvalue weighted by Crippen LogP contribution is 2.22. The number of rotatable bonds is 6. The van der Waals surface area contributed by atoms with Crippen LogP contribution in [0.25, 0.3) is 0 Å². The summed E-state index contributed by atoms with van der Waals surface area (Å²) in [7, 11) is 1.47. The molecule has 2 aromatic rings. The molecule has 0 aliphatic carbocycles. The van der Waals surface area contributed by atoms with E-state index in [0.29, 0.717) is 10.6 Å². The second-order valence-corrected chi connectivity index (χ2v) is 5.22. The van der Waals surface area contributed by atoms with Gasteiger partial charge >= 0.3 is 0 Å². The van der Waals surface area contributed by atoms with E-state index in [9.17, 15) is 9.90 Å². The fraction of sp³-hybridized carbons (Fsp3) is 0.235. The lowest BCUT2D eigenvalue weighted by molar-refractivity contribution is -0.131. The second kappa shape index (κ2) is 7.94. The predicted molar refractivity (Wildman–Crippen MR) is 85.6 cm³/mol. The van der Waals surface area contributed by atoms with E-state index < -0.39 is 12.2 Å². The molecule has 2 atom stereocenters. The smallest absolute Gasteiger partial charge is 0.253 e. The zero-order valence-electron chi connectivity index (χ0n) is 12.2. The quantitative estimate of drug-likeness (QED) is 0.860. The van der Waals surface area contributed by atoms with Crippen LogP contribution >= 0.6 is 11.6 Å². The number of halogens is 1. The van der Waals surface area contributed by atoms with Gasteiger partial charge in [0.25, 0.3) is 5.91 Å². The first-order valence-corrected chi connectivity index (χ1v) is 7.29. The topological polar surface area (TPSA) is 58.6 Å². The molecular formula is C17H18ClNO3. The van der Waals surface area contributed by atoms with E-state index in [4.69, 9.17) is 16.3 Å². The number of aliphatic hydroxyl groups excluding tert-OH is 1. The Morgan fingerprint density at radius 2 is 1.82 bits per heavy atom. The van der Waals surface area contributed by atoms with Crippen molar-refractivity contribution < 1.29 is 14.6 Å². The Morgan fingerprint density at radius 3 is 2.45 bits per heavy atom. The third kappa shape index (κ3) is 4.07. The van der Waals surface area contributed by atoms with Gasteiger partial charge in [-0.25, -0.2) is 0 Å². The van der Waals surface area contributed by atoms with Crippen LogP contribution in [0.4, 0.5) is 0 Å². The van der Waals surface area contributed by atoms with Gasteiger partial charge in [0.05, 0.1) is 6.10 Å². The number of methoxy groups -OCH3 is 1. The van der Waals surface area contributed by atoms with Gasteiger partial charge in [0.2, 0.25) is 0 Å². The van der Waals surface area contributed by atoms with Gasteiger partial charge in [-0.3, -0.25) is 4.79 Å². The van der Waals surface area contributed by atoms with E-state index in [-0.39, 0.29) is 12.5 Å². The number of benzene rings is 2. The van der Waals surface area contributed by atoms with Crippen molar-refractivity contribution in [1.29, 1.82) is 0 Å². The molecule has 2 N–H and O–H groups in total. The Balaban J connectivity index is 1.98. The maximum absolute atomic E-state index is 12.2. The minimum atomic E-state index is -0.870. The Morgan fingerprint density at radius 1 is 1.18 bits per heavy atom. The van der Waals surface area contributed by atoms with Crippen LogP contribution in [-0.2, 0) is 9.53 Å². The Hall–Kier alpha value is -1.88. The predicted octanol–water partition coefficient (Wildman–Crippen LogP) is 2.88. The molecule has 0 radical (unpaired) electrons. The van der Waals surface area contributed by atoms with Crippen LogP contribution in [0.1, 0.15) is 23.3 Å². The molecule has 116 valence electrons. The summed E-state index contributed by atoms with van der Waals surface area (Å²) in [6, 6.07) is 16.2. The van der Waals surface area contributed by atoms with Gasteiger partial charge in [0.15, 0.2) is 6.10 Å². The molecule has 0 aliphatic heterocycles. The first kappa shape index (κ1) is 16.5. The summed E-state index contributed by atoms with van der Waals surface area (Å²) in [4.78, 5) is 12.2.